The van der Waals surface area contributed by atoms with Crippen LogP contribution in [0.25, 0.3) is 32.5 Å². The van der Waals surface area contributed by atoms with Crippen molar-refractivity contribution >= 4 is 22.3 Å². The molecule has 0 aliphatic heterocycles. The molecule has 0 radical (unpaired) electrons. The fraction of sp³-hybridized carbons (Fsp3) is 0.0952. The Morgan fingerprint density at radius 3 is 2.46 bits per heavy atom. The molecule has 24 heavy (non-hydrogen) atoms. The van der Waals surface area contributed by atoms with Crippen molar-refractivity contribution in [3.8, 4) is 21.6 Å². The number of rotatable bonds is 2. The van der Waals surface area contributed by atoms with Crippen LogP contribution in [0.5, 0.6) is 0 Å². The third-order valence-corrected chi connectivity index (χ3v) is 5.22. The minimum atomic E-state index is -0.316. The van der Waals surface area contributed by atoms with E-state index in [1.54, 1.807) is 17.4 Å². The summed E-state index contributed by atoms with van der Waals surface area (Å²) in [5, 5.41) is 3.09. The summed E-state index contributed by atoms with van der Waals surface area (Å²) in [6.45, 7) is 4.17. The van der Waals surface area contributed by atoms with E-state index in [2.05, 4.69) is 31.4 Å². The second kappa shape index (κ2) is 5.77. The first-order chi connectivity index (χ1) is 11.6. The Bertz CT molecular complexity index is 1070. The summed E-state index contributed by atoms with van der Waals surface area (Å²) in [6, 6.07) is 17.8. The first-order valence-electron chi connectivity index (χ1n) is 7.82. The van der Waals surface area contributed by atoms with Crippen LogP contribution in [-0.2, 0) is 0 Å². The van der Waals surface area contributed by atoms with Crippen molar-refractivity contribution in [1.29, 1.82) is 0 Å². The van der Waals surface area contributed by atoms with Crippen molar-refractivity contribution in [3.63, 3.8) is 0 Å². The number of hydrogen-bond donors (Lipinski definition) is 0. The monoisotopic (exact) mass is 332 g/mol. The van der Waals surface area contributed by atoms with Crippen LogP contribution in [0.1, 0.15) is 11.1 Å². The van der Waals surface area contributed by atoms with Gasteiger partial charge in [-0.2, -0.15) is 0 Å². The second-order valence-corrected chi connectivity index (χ2v) is 6.84. The molecule has 0 N–H and O–H groups in total. The average molecular weight is 332 g/mol. The average Bonchev–Trinajstić information content (AvgIpc) is 3.08. The van der Waals surface area contributed by atoms with Crippen LogP contribution < -0.4 is 5.63 Å². The molecule has 0 saturated carbocycles. The molecule has 118 valence electrons. The Morgan fingerprint density at radius 1 is 0.958 bits per heavy atom. The van der Waals surface area contributed by atoms with Gasteiger partial charge in [0.05, 0.1) is 0 Å². The Hall–Kier alpha value is -2.65. The SMILES string of the molecule is Cc1cc2oc(=O)cc(-c3ccccc3)c2c(C)c1-c1cccs1. The van der Waals surface area contributed by atoms with Crippen molar-refractivity contribution in [2.75, 3.05) is 0 Å². The summed E-state index contributed by atoms with van der Waals surface area (Å²) < 4.78 is 5.51. The molecule has 0 fully saturated rings. The van der Waals surface area contributed by atoms with E-state index in [1.165, 1.54) is 10.4 Å². The zero-order valence-corrected chi connectivity index (χ0v) is 14.3. The third kappa shape index (κ3) is 2.38. The maximum atomic E-state index is 12.0. The maximum Gasteiger partial charge on any atom is 0.336 e. The van der Waals surface area contributed by atoms with Crippen LogP contribution >= 0.6 is 11.3 Å². The summed E-state index contributed by atoms with van der Waals surface area (Å²) in [4.78, 5) is 13.3. The molecular formula is C21H16O2S. The van der Waals surface area contributed by atoms with Crippen molar-refractivity contribution in [1.82, 2.24) is 0 Å². The second-order valence-electron chi connectivity index (χ2n) is 5.89. The summed E-state index contributed by atoms with van der Waals surface area (Å²) in [6.07, 6.45) is 0. The molecule has 0 aliphatic carbocycles. The molecule has 0 atom stereocenters. The third-order valence-electron chi connectivity index (χ3n) is 4.33. The smallest absolute Gasteiger partial charge is 0.336 e. The zero-order chi connectivity index (χ0) is 16.7. The van der Waals surface area contributed by atoms with Crippen LogP contribution in [0.4, 0.5) is 0 Å². The van der Waals surface area contributed by atoms with Gasteiger partial charge < -0.3 is 4.42 Å². The minimum absolute atomic E-state index is 0.316. The molecule has 0 spiro atoms. The van der Waals surface area contributed by atoms with Gasteiger partial charge in [0.2, 0.25) is 0 Å². The number of aryl methyl sites for hydroxylation is 2. The molecule has 2 nitrogen and oxygen atoms in total. The summed E-state index contributed by atoms with van der Waals surface area (Å²) in [5.74, 6) is 0. The molecule has 0 amide bonds. The molecular weight excluding hydrogens is 316 g/mol. The first-order valence-corrected chi connectivity index (χ1v) is 8.70. The fourth-order valence-corrected chi connectivity index (χ4v) is 4.23. The summed E-state index contributed by atoms with van der Waals surface area (Å²) in [5.41, 5.74) is 5.78. The molecule has 2 heterocycles. The molecule has 0 bridgehead atoms. The quantitative estimate of drug-likeness (QED) is 0.434. The Morgan fingerprint density at radius 2 is 1.75 bits per heavy atom. The maximum absolute atomic E-state index is 12.0. The lowest BCUT2D eigenvalue weighted by atomic mass is 9.92. The van der Waals surface area contributed by atoms with Gasteiger partial charge in [0.15, 0.2) is 0 Å². The van der Waals surface area contributed by atoms with Crippen molar-refractivity contribution in [3.05, 3.63) is 81.5 Å². The predicted octanol–water partition coefficient (Wildman–Crippen LogP) is 5.81. The highest BCUT2D eigenvalue weighted by molar-refractivity contribution is 7.13. The van der Waals surface area contributed by atoms with Crippen molar-refractivity contribution in [2.24, 2.45) is 0 Å². The Balaban J connectivity index is 2.14. The van der Waals surface area contributed by atoms with Gasteiger partial charge in [0.1, 0.15) is 5.58 Å². The van der Waals surface area contributed by atoms with Crippen LogP contribution in [0.15, 0.2) is 69.2 Å². The molecule has 0 aliphatic rings. The lowest BCUT2D eigenvalue weighted by Crippen LogP contribution is -2.01. The van der Waals surface area contributed by atoms with Gasteiger partial charge in [0.25, 0.3) is 0 Å². The first kappa shape index (κ1) is 14.9. The van der Waals surface area contributed by atoms with Crippen LogP contribution in [0.3, 0.4) is 0 Å². The highest BCUT2D eigenvalue weighted by Crippen LogP contribution is 2.38. The molecule has 3 heteroatoms. The van der Waals surface area contributed by atoms with E-state index in [9.17, 15) is 4.79 Å². The van der Waals surface area contributed by atoms with E-state index >= 15 is 0 Å². The number of benzene rings is 2. The van der Waals surface area contributed by atoms with E-state index in [0.29, 0.717) is 5.58 Å². The van der Waals surface area contributed by atoms with Gasteiger partial charge in [0, 0.05) is 21.9 Å². The normalized spacial score (nSPS) is 11.1. The lowest BCUT2D eigenvalue weighted by molar-refractivity contribution is 0.561. The van der Waals surface area contributed by atoms with E-state index < -0.39 is 0 Å². The van der Waals surface area contributed by atoms with Crippen LogP contribution in [0.2, 0.25) is 0 Å². The summed E-state index contributed by atoms with van der Waals surface area (Å²) >= 11 is 1.73. The van der Waals surface area contributed by atoms with E-state index in [-0.39, 0.29) is 5.63 Å². The van der Waals surface area contributed by atoms with Gasteiger partial charge in [-0.3, -0.25) is 0 Å². The summed E-state index contributed by atoms with van der Waals surface area (Å²) in [7, 11) is 0. The van der Waals surface area contributed by atoms with Gasteiger partial charge in [-0.05, 0) is 53.6 Å². The highest BCUT2D eigenvalue weighted by Gasteiger charge is 2.16. The molecule has 2 aromatic carbocycles. The zero-order valence-electron chi connectivity index (χ0n) is 13.5. The topological polar surface area (TPSA) is 30.2 Å². The molecule has 2 aromatic heterocycles. The van der Waals surface area contributed by atoms with E-state index in [4.69, 9.17) is 4.42 Å². The predicted molar refractivity (Wildman–Crippen MR) is 101 cm³/mol. The van der Waals surface area contributed by atoms with Crippen molar-refractivity contribution in [2.45, 2.75) is 13.8 Å². The van der Waals surface area contributed by atoms with E-state index in [1.807, 2.05) is 36.4 Å². The molecule has 4 rings (SSSR count). The standard InChI is InChI=1S/C21H16O2S/c1-13-11-17-21(14(2)20(13)18-9-6-10-24-18)16(12-19(22)23-17)15-7-4-3-5-8-15/h3-12H,1-2H3. The van der Waals surface area contributed by atoms with Crippen LogP contribution in [-0.4, -0.2) is 0 Å². The minimum Gasteiger partial charge on any atom is -0.423 e. The van der Waals surface area contributed by atoms with Gasteiger partial charge in [-0.15, -0.1) is 11.3 Å². The molecule has 0 unspecified atom stereocenters. The number of hydrogen-bond acceptors (Lipinski definition) is 3. The highest BCUT2D eigenvalue weighted by atomic mass is 32.1. The van der Waals surface area contributed by atoms with Crippen LogP contribution in [0, 0.1) is 13.8 Å². The Kier molecular flexibility index (Phi) is 3.58. The molecule has 0 saturated heterocycles. The fourth-order valence-electron chi connectivity index (χ4n) is 3.33. The van der Waals surface area contributed by atoms with Gasteiger partial charge >= 0.3 is 5.63 Å². The Labute approximate surface area is 144 Å². The van der Waals surface area contributed by atoms with Crippen molar-refractivity contribution < 1.29 is 4.42 Å². The largest absolute Gasteiger partial charge is 0.423 e. The van der Waals surface area contributed by atoms with E-state index in [0.717, 1.165) is 27.6 Å². The number of fused-ring (bicyclic) bond motifs is 1. The molecule has 4 aromatic rings. The number of thiophene rings is 1. The van der Waals surface area contributed by atoms with Gasteiger partial charge in [-0.25, -0.2) is 4.79 Å². The lowest BCUT2D eigenvalue weighted by Gasteiger charge is -2.14. The van der Waals surface area contributed by atoms with Gasteiger partial charge in [-0.1, -0.05) is 36.4 Å².